The van der Waals surface area contributed by atoms with E-state index < -0.39 is 6.23 Å². The first-order valence-corrected chi connectivity index (χ1v) is 1.44. The molecule has 0 aromatic rings. The predicted molar refractivity (Wildman–Crippen MR) is 22.0 cm³/mol. The van der Waals surface area contributed by atoms with Crippen LogP contribution in [0.1, 0.15) is 0 Å². The number of aliphatic hydroxyl groups is 1. The molecule has 0 aromatic carbocycles. The van der Waals surface area contributed by atoms with Crippen molar-refractivity contribution in [3.05, 3.63) is 17.6 Å². The third-order valence-electron chi connectivity index (χ3n) is 0.319. The average molecular weight is 87.1 g/mol. The van der Waals surface area contributed by atoms with Crippen molar-refractivity contribution in [1.82, 2.24) is 0 Å². The first-order chi connectivity index (χ1) is 2.81. The van der Waals surface area contributed by atoms with Crippen molar-refractivity contribution in [1.29, 1.82) is 0 Å². The second-order valence-corrected chi connectivity index (χ2v) is 0.755. The van der Waals surface area contributed by atoms with Gasteiger partial charge in [-0.25, -0.2) is 0 Å². The molecule has 34 valence electrons. The molecule has 0 aliphatic rings. The van der Waals surface area contributed by atoms with Crippen LogP contribution in [0.3, 0.4) is 0 Å². The summed E-state index contributed by atoms with van der Waals surface area (Å²) < 4.78 is 0. The van der Waals surface area contributed by atoms with E-state index in [4.69, 9.17) is 10.0 Å². The number of hydrogen-bond donors (Lipinski definition) is 1. The van der Waals surface area contributed by atoms with Gasteiger partial charge < -0.3 is 5.11 Å². The Bertz CT molecular complexity index is 53.8. The van der Waals surface area contributed by atoms with Crippen LogP contribution in [0.2, 0.25) is 0 Å². The van der Waals surface area contributed by atoms with Gasteiger partial charge in [0.1, 0.15) is 0 Å². The first-order valence-electron chi connectivity index (χ1n) is 1.44. The Morgan fingerprint density at radius 2 is 2.50 bits per heavy atom. The summed E-state index contributed by atoms with van der Waals surface area (Å²) >= 11 is 0. The highest BCUT2D eigenvalue weighted by Crippen LogP contribution is 1.79. The summed E-state index contributed by atoms with van der Waals surface area (Å²) in [7, 11) is 0. The Morgan fingerprint density at radius 3 is 2.50 bits per heavy atom. The van der Waals surface area contributed by atoms with Crippen molar-refractivity contribution in [2.24, 2.45) is 5.18 Å². The summed E-state index contributed by atoms with van der Waals surface area (Å²) in [6, 6.07) is 0. The van der Waals surface area contributed by atoms with Gasteiger partial charge in [-0.15, -0.1) is 4.91 Å². The van der Waals surface area contributed by atoms with E-state index in [-0.39, 0.29) is 0 Å². The number of aliphatic hydroxyl groups excluding tert-OH is 1. The van der Waals surface area contributed by atoms with Gasteiger partial charge in [0.2, 0.25) is 6.23 Å². The molecule has 0 aromatic heterocycles. The molecule has 0 radical (unpaired) electrons. The molecule has 6 heavy (non-hydrogen) atoms. The lowest BCUT2D eigenvalue weighted by molar-refractivity contribution is 0.232. The molecule has 0 saturated carbocycles. The zero-order valence-corrected chi connectivity index (χ0v) is 3.16. The van der Waals surface area contributed by atoms with Gasteiger partial charge in [-0.3, -0.25) is 0 Å². The lowest BCUT2D eigenvalue weighted by Crippen LogP contribution is -1.91. The summed E-state index contributed by atoms with van der Waals surface area (Å²) in [5, 5.41) is 10.3. The van der Waals surface area contributed by atoms with Crippen molar-refractivity contribution in [2.75, 3.05) is 0 Å². The molecule has 1 atom stereocenters. The summed E-state index contributed by atoms with van der Waals surface area (Å²) in [5.41, 5.74) is 0. The van der Waals surface area contributed by atoms with Gasteiger partial charge in [-0.05, 0) is 11.3 Å². The Labute approximate surface area is 35.3 Å². The van der Waals surface area contributed by atoms with Crippen LogP contribution in [0.4, 0.5) is 0 Å². The minimum absolute atomic E-state index is 1.05. The fourth-order valence-corrected chi connectivity index (χ4v) is 0.0430. The topological polar surface area (TPSA) is 49.7 Å². The van der Waals surface area contributed by atoms with E-state index in [1.165, 1.54) is 0 Å². The summed E-state index contributed by atoms with van der Waals surface area (Å²) in [6.07, 6.45) is -0.183. The smallest absolute Gasteiger partial charge is 0.205 e. The SMILES string of the molecule is C=CC(O)N=O. The molecule has 1 N–H and O–H groups in total. The number of nitroso groups, excluding NO2 is 1. The van der Waals surface area contributed by atoms with E-state index in [9.17, 15) is 0 Å². The van der Waals surface area contributed by atoms with Crippen LogP contribution in [0.5, 0.6) is 0 Å². The molecule has 0 heterocycles. The van der Waals surface area contributed by atoms with Crippen molar-refractivity contribution in [3.63, 3.8) is 0 Å². The Kier molecular flexibility index (Phi) is 2.24. The summed E-state index contributed by atoms with van der Waals surface area (Å²) in [4.78, 5) is 9.16. The molecule has 0 fully saturated rings. The zero-order chi connectivity index (χ0) is 4.99. The van der Waals surface area contributed by atoms with Crippen molar-refractivity contribution in [2.45, 2.75) is 6.23 Å². The Hall–Kier alpha value is -0.700. The molecular formula is C3H5NO2. The summed E-state index contributed by atoms with van der Waals surface area (Å²) in [5.74, 6) is 0. The van der Waals surface area contributed by atoms with Gasteiger partial charge in [0.15, 0.2) is 0 Å². The van der Waals surface area contributed by atoms with Crippen LogP contribution >= 0.6 is 0 Å². The van der Waals surface area contributed by atoms with Crippen LogP contribution in [0, 0.1) is 4.91 Å². The van der Waals surface area contributed by atoms with Crippen LogP contribution in [-0.2, 0) is 0 Å². The van der Waals surface area contributed by atoms with Crippen LogP contribution in [0.25, 0.3) is 0 Å². The van der Waals surface area contributed by atoms with E-state index >= 15 is 0 Å². The molecule has 0 amide bonds. The quantitative estimate of drug-likeness (QED) is 0.388. The Balaban J connectivity index is 3.21. The number of nitrogens with zero attached hydrogens (tertiary/aromatic N) is 1. The minimum Gasteiger partial charge on any atom is -0.366 e. The van der Waals surface area contributed by atoms with Gasteiger partial charge in [-0.2, -0.15) is 0 Å². The molecule has 3 nitrogen and oxygen atoms in total. The average Bonchev–Trinajstić information content (AvgIpc) is 1.65. The molecule has 0 aliphatic heterocycles. The fraction of sp³-hybridized carbons (Fsp3) is 0.333. The molecular weight excluding hydrogens is 82.0 g/mol. The van der Waals surface area contributed by atoms with E-state index in [1.807, 2.05) is 0 Å². The second-order valence-electron chi connectivity index (χ2n) is 0.755. The predicted octanol–water partition coefficient (Wildman–Crippen LogP) is 0.257. The normalized spacial score (nSPS) is 12.8. The highest BCUT2D eigenvalue weighted by molar-refractivity contribution is 4.74. The first kappa shape index (κ1) is 5.30. The molecule has 0 bridgehead atoms. The van der Waals surface area contributed by atoms with E-state index in [0.717, 1.165) is 6.08 Å². The van der Waals surface area contributed by atoms with E-state index in [2.05, 4.69) is 11.8 Å². The zero-order valence-electron chi connectivity index (χ0n) is 3.16. The fourth-order valence-electron chi connectivity index (χ4n) is 0.0430. The Morgan fingerprint density at radius 1 is 2.00 bits per heavy atom. The molecule has 0 aliphatic carbocycles. The van der Waals surface area contributed by atoms with Gasteiger partial charge in [0.25, 0.3) is 0 Å². The maximum Gasteiger partial charge on any atom is 0.205 e. The van der Waals surface area contributed by atoms with Crippen molar-refractivity contribution < 1.29 is 5.11 Å². The van der Waals surface area contributed by atoms with Gasteiger partial charge >= 0.3 is 0 Å². The standard InChI is InChI=1S/C3H5NO2/c1-2-3(5)4-6/h2-3,5H,1H2. The third kappa shape index (κ3) is 1.60. The third-order valence-corrected chi connectivity index (χ3v) is 0.319. The maximum absolute atomic E-state index is 9.16. The van der Waals surface area contributed by atoms with E-state index in [0.29, 0.717) is 0 Å². The number of hydrogen-bond acceptors (Lipinski definition) is 3. The lowest BCUT2D eigenvalue weighted by Gasteiger charge is -1.82. The van der Waals surface area contributed by atoms with Crippen LogP contribution < -0.4 is 0 Å². The number of rotatable bonds is 2. The summed E-state index contributed by atoms with van der Waals surface area (Å²) in [6.45, 7) is 3.09. The van der Waals surface area contributed by atoms with Gasteiger partial charge in [0.05, 0.1) is 0 Å². The molecule has 3 heteroatoms. The van der Waals surface area contributed by atoms with Gasteiger partial charge in [0, 0.05) is 0 Å². The monoisotopic (exact) mass is 87.0 g/mol. The second kappa shape index (κ2) is 2.53. The molecule has 0 saturated heterocycles. The largest absolute Gasteiger partial charge is 0.366 e. The lowest BCUT2D eigenvalue weighted by atomic mass is 10.6. The molecule has 0 rings (SSSR count). The minimum atomic E-state index is -1.23. The molecule has 0 spiro atoms. The maximum atomic E-state index is 9.16. The van der Waals surface area contributed by atoms with Gasteiger partial charge in [-0.1, -0.05) is 6.58 Å². The van der Waals surface area contributed by atoms with Crippen LogP contribution in [0.15, 0.2) is 17.8 Å². The molecule has 1 unspecified atom stereocenters. The van der Waals surface area contributed by atoms with Crippen molar-refractivity contribution in [3.8, 4) is 0 Å². The van der Waals surface area contributed by atoms with Crippen molar-refractivity contribution >= 4 is 0 Å². The van der Waals surface area contributed by atoms with Crippen LogP contribution in [-0.4, -0.2) is 11.3 Å². The van der Waals surface area contributed by atoms with E-state index in [1.54, 1.807) is 0 Å². The highest BCUT2D eigenvalue weighted by Gasteiger charge is 1.87. The highest BCUT2D eigenvalue weighted by atomic mass is 16.3.